The number of benzene rings is 1. The molecule has 1 aromatic heterocycles. The fourth-order valence-corrected chi connectivity index (χ4v) is 3.98. The molecule has 6 heteroatoms. The smallest absolute Gasteiger partial charge is 0.308 e. The predicted molar refractivity (Wildman–Crippen MR) is 114 cm³/mol. The van der Waals surface area contributed by atoms with E-state index in [0.29, 0.717) is 0 Å². The van der Waals surface area contributed by atoms with Crippen molar-refractivity contribution in [1.29, 1.82) is 0 Å². The molecule has 1 fully saturated rings. The van der Waals surface area contributed by atoms with E-state index >= 15 is 0 Å². The fraction of sp³-hybridized carbons (Fsp3) is 0.545. The van der Waals surface area contributed by atoms with Crippen molar-refractivity contribution < 1.29 is 9.53 Å². The van der Waals surface area contributed by atoms with Crippen LogP contribution in [0.25, 0.3) is 10.9 Å². The molecule has 6 nitrogen and oxygen atoms in total. The van der Waals surface area contributed by atoms with Gasteiger partial charge in [-0.3, -0.25) is 9.79 Å². The largest absolute Gasteiger partial charge is 0.469 e. The maximum Gasteiger partial charge on any atom is 0.308 e. The third kappa shape index (κ3) is 4.49. The van der Waals surface area contributed by atoms with Gasteiger partial charge in [-0.2, -0.15) is 0 Å². The van der Waals surface area contributed by atoms with E-state index in [1.165, 1.54) is 29.1 Å². The molecule has 0 saturated carbocycles. The quantitative estimate of drug-likeness (QED) is 0.456. The van der Waals surface area contributed by atoms with Crippen LogP contribution < -0.4 is 5.32 Å². The number of guanidine groups is 1. The van der Waals surface area contributed by atoms with Crippen molar-refractivity contribution in [2.75, 3.05) is 33.3 Å². The van der Waals surface area contributed by atoms with Gasteiger partial charge in [0.1, 0.15) is 0 Å². The second-order valence-electron chi connectivity index (χ2n) is 7.28. The highest BCUT2D eigenvalue weighted by Crippen LogP contribution is 2.23. The van der Waals surface area contributed by atoms with Gasteiger partial charge >= 0.3 is 5.97 Å². The van der Waals surface area contributed by atoms with Crippen LogP contribution in [0.15, 0.2) is 29.4 Å². The third-order valence-corrected chi connectivity index (χ3v) is 5.57. The first-order valence-electron chi connectivity index (χ1n) is 10.4. The van der Waals surface area contributed by atoms with Crippen LogP contribution in [0.1, 0.15) is 37.8 Å². The number of H-pyrrole nitrogens is 1. The summed E-state index contributed by atoms with van der Waals surface area (Å²) >= 11 is 0. The molecule has 0 unspecified atom stereocenters. The standard InChI is InChI=1S/C22H32N4O2/c1-4-16-7-6-8-19-18(15-25-20(16)19)9-12-24-22(23-5-2)26-13-10-17(11-14-26)21(27)28-3/h6-8,15,17,25H,4-5,9-14H2,1-3H3,(H,23,24). The van der Waals surface area contributed by atoms with Crippen LogP contribution in [0.5, 0.6) is 0 Å². The number of aliphatic imine (C=N–C) groups is 1. The lowest BCUT2D eigenvalue weighted by molar-refractivity contribution is -0.146. The number of ether oxygens (including phenoxy) is 1. The summed E-state index contributed by atoms with van der Waals surface area (Å²) in [7, 11) is 1.47. The molecule has 3 rings (SSSR count). The van der Waals surface area contributed by atoms with E-state index in [1.807, 2.05) is 0 Å². The zero-order valence-corrected chi connectivity index (χ0v) is 17.3. The van der Waals surface area contributed by atoms with Crippen LogP contribution in [-0.4, -0.2) is 55.1 Å². The topological polar surface area (TPSA) is 69.7 Å². The first-order valence-corrected chi connectivity index (χ1v) is 10.4. The van der Waals surface area contributed by atoms with E-state index in [4.69, 9.17) is 9.73 Å². The Kier molecular flexibility index (Phi) is 6.95. The SMILES string of the molecule is CCNC(=NCCc1c[nH]c2c(CC)cccc12)N1CCC(C(=O)OC)CC1. The summed E-state index contributed by atoms with van der Waals surface area (Å²) < 4.78 is 4.88. The summed E-state index contributed by atoms with van der Waals surface area (Å²) in [4.78, 5) is 22.3. The molecule has 152 valence electrons. The average molecular weight is 385 g/mol. The number of nitrogens with one attached hydrogen (secondary N) is 2. The summed E-state index contributed by atoms with van der Waals surface area (Å²) in [6.07, 6.45) is 5.69. The van der Waals surface area contributed by atoms with Crippen LogP contribution in [0.2, 0.25) is 0 Å². The highest BCUT2D eigenvalue weighted by molar-refractivity contribution is 5.86. The van der Waals surface area contributed by atoms with Crippen LogP contribution >= 0.6 is 0 Å². The first kappa shape index (κ1) is 20.2. The van der Waals surface area contributed by atoms with Crippen molar-refractivity contribution in [3.8, 4) is 0 Å². The second kappa shape index (κ2) is 9.62. The highest BCUT2D eigenvalue weighted by atomic mass is 16.5. The number of carbonyl (C=O) groups excluding carboxylic acids is 1. The lowest BCUT2D eigenvalue weighted by Crippen LogP contribution is -2.46. The molecule has 0 atom stereocenters. The van der Waals surface area contributed by atoms with Crippen LogP contribution in [0, 0.1) is 5.92 Å². The second-order valence-corrected chi connectivity index (χ2v) is 7.28. The van der Waals surface area contributed by atoms with Gasteiger partial charge in [0, 0.05) is 43.3 Å². The van der Waals surface area contributed by atoms with E-state index in [0.717, 1.165) is 57.8 Å². The van der Waals surface area contributed by atoms with E-state index in [-0.39, 0.29) is 11.9 Å². The lowest BCUT2D eigenvalue weighted by Gasteiger charge is -2.33. The van der Waals surface area contributed by atoms with Crippen LogP contribution in [-0.2, 0) is 22.4 Å². The maximum atomic E-state index is 11.7. The van der Waals surface area contributed by atoms with Gasteiger partial charge in [0.2, 0.25) is 0 Å². The normalized spacial score (nSPS) is 15.8. The molecular formula is C22H32N4O2. The molecular weight excluding hydrogens is 352 g/mol. The molecule has 0 spiro atoms. The zero-order valence-electron chi connectivity index (χ0n) is 17.3. The van der Waals surface area contributed by atoms with Gasteiger partial charge in [-0.05, 0) is 43.7 Å². The van der Waals surface area contributed by atoms with Gasteiger partial charge in [0.15, 0.2) is 5.96 Å². The van der Waals surface area contributed by atoms with Gasteiger partial charge in [0.25, 0.3) is 0 Å². The van der Waals surface area contributed by atoms with Crippen molar-refractivity contribution in [2.45, 2.75) is 39.5 Å². The number of carbonyl (C=O) groups is 1. The maximum absolute atomic E-state index is 11.7. The van der Waals surface area contributed by atoms with Crippen LogP contribution in [0.3, 0.4) is 0 Å². The molecule has 1 aliphatic rings. The summed E-state index contributed by atoms with van der Waals surface area (Å²) in [5.74, 6) is 0.871. The Balaban J connectivity index is 1.63. The Morgan fingerprint density at radius 1 is 1.29 bits per heavy atom. The highest BCUT2D eigenvalue weighted by Gasteiger charge is 2.26. The number of aryl methyl sites for hydroxylation is 1. The number of likely N-dealkylation sites (tertiary alicyclic amines) is 1. The Hall–Kier alpha value is -2.50. The molecule has 1 saturated heterocycles. The van der Waals surface area contributed by atoms with Crippen molar-refractivity contribution >= 4 is 22.8 Å². The number of piperidine rings is 1. The molecule has 0 amide bonds. The number of hydrogen-bond donors (Lipinski definition) is 2. The molecule has 1 aromatic carbocycles. The minimum Gasteiger partial charge on any atom is -0.469 e. The van der Waals surface area contributed by atoms with E-state index in [1.54, 1.807) is 0 Å². The third-order valence-electron chi connectivity index (χ3n) is 5.57. The molecule has 2 heterocycles. The van der Waals surface area contributed by atoms with Gasteiger partial charge in [-0.25, -0.2) is 0 Å². The minimum atomic E-state index is -0.0904. The number of rotatable bonds is 6. The zero-order chi connectivity index (χ0) is 19.9. The molecule has 2 aromatic rings. The van der Waals surface area contributed by atoms with Crippen molar-refractivity contribution in [3.05, 3.63) is 35.5 Å². The number of fused-ring (bicyclic) bond motifs is 1. The molecule has 0 radical (unpaired) electrons. The van der Waals surface area contributed by atoms with Gasteiger partial charge in [-0.1, -0.05) is 25.1 Å². The Morgan fingerprint density at radius 2 is 2.07 bits per heavy atom. The van der Waals surface area contributed by atoms with E-state index in [2.05, 4.69) is 53.4 Å². The van der Waals surface area contributed by atoms with Gasteiger partial charge in [-0.15, -0.1) is 0 Å². The summed E-state index contributed by atoms with van der Waals surface area (Å²) in [6, 6.07) is 6.51. The average Bonchev–Trinajstić information content (AvgIpc) is 3.16. The Bertz CT molecular complexity index is 819. The molecule has 1 aliphatic heterocycles. The summed E-state index contributed by atoms with van der Waals surface area (Å²) in [5.41, 5.74) is 3.92. The van der Waals surface area contributed by atoms with Crippen LogP contribution in [0.4, 0.5) is 0 Å². The van der Waals surface area contributed by atoms with E-state index < -0.39 is 0 Å². The fourth-order valence-electron chi connectivity index (χ4n) is 3.98. The van der Waals surface area contributed by atoms with Gasteiger partial charge < -0.3 is 19.9 Å². The first-order chi connectivity index (χ1) is 13.7. The number of esters is 1. The minimum absolute atomic E-state index is 0.0168. The number of hydrogen-bond acceptors (Lipinski definition) is 3. The van der Waals surface area contributed by atoms with Crippen molar-refractivity contribution in [3.63, 3.8) is 0 Å². The number of nitrogens with zero attached hydrogens (tertiary/aromatic N) is 2. The number of aromatic amines is 1. The predicted octanol–water partition coefficient (Wildman–Crippen LogP) is 3.12. The monoisotopic (exact) mass is 384 g/mol. The molecule has 0 bridgehead atoms. The molecule has 28 heavy (non-hydrogen) atoms. The number of aromatic nitrogens is 1. The number of para-hydroxylation sites is 1. The summed E-state index contributed by atoms with van der Waals surface area (Å²) in [6.45, 7) is 7.51. The lowest BCUT2D eigenvalue weighted by atomic mass is 9.97. The van der Waals surface area contributed by atoms with Crippen molar-refractivity contribution in [2.24, 2.45) is 10.9 Å². The van der Waals surface area contributed by atoms with Gasteiger partial charge in [0.05, 0.1) is 13.0 Å². The molecule has 0 aliphatic carbocycles. The molecule has 2 N–H and O–H groups in total. The van der Waals surface area contributed by atoms with E-state index in [9.17, 15) is 4.79 Å². The number of methoxy groups -OCH3 is 1. The Labute approximate surface area is 167 Å². The van der Waals surface area contributed by atoms with Crippen molar-refractivity contribution in [1.82, 2.24) is 15.2 Å². The summed E-state index contributed by atoms with van der Waals surface area (Å²) in [5, 5.41) is 4.70. The Morgan fingerprint density at radius 3 is 2.75 bits per heavy atom.